The third-order valence-corrected chi connectivity index (χ3v) is 5.77. The molecule has 9 heteroatoms. The van der Waals surface area contributed by atoms with Gasteiger partial charge < -0.3 is 14.6 Å². The third kappa shape index (κ3) is 2.41. The van der Waals surface area contributed by atoms with Gasteiger partial charge in [-0.1, -0.05) is 28.9 Å². The molecule has 0 saturated carbocycles. The molecule has 7 nitrogen and oxygen atoms in total. The van der Waals surface area contributed by atoms with Crippen LogP contribution >= 0.6 is 11.6 Å². The van der Waals surface area contributed by atoms with E-state index in [-0.39, 0.29) is 23.4 Å². The number of benzene rings is 1. The summed E-state index contributed by atoms with van der Waals surface area (Å²) in [6, 6.07) is 5.59. The number of ether oxygens (including phenoxy) is 1. The van der Waals surface area contributed by atoms with Crippen molar-refractivity contribution in [1.82, 2.24) is 5.16 Å². The summed E-state index contributed by atoms with van der Waals surface area (Å²) in [7, 11) is 0. The summed E-state index contributed by atoms with van der Waals surface area (Å²) in [6.07, 6.45) is 3.17. The lowest BCUT2D eigenvalue weighted by atomic mass is 9.77. The molecule has 4 atom stereocenters. The van der Waals surface area contributed by atoms with Crippen molar-refractivity contribution in [3.05, 3.63) is 53.0 Å². The molecule has 0 radical (unpaired) electrons. The van der Waals surface area contributed by atoms with Crippen molar-refractivity contribution in [2.45, 2.75) is 18.6 Å². The van der Waals surface area contributed by atoms with Crippen molar-refractivity contribution >= 4 is 34.9 Å². The van der Waals surface area contributed by atoms with Gasteiger partial charge in [0.2, 0.25) is 11.8 Å². The standard InChI is InChI=1S/C19H15ClFN3O4/c1-9-6-14(23-28-9)24-8-19-5-4-13(27-19)15(16(19)18(24)26)17(25)22-10-2-3-12(21)11(20)7-10/h2-7,13,15-16H,8H2,1H3,(H,22,25)/t13-,15-,16+,19-/m0/s1. The molecule has 0 aliphatic carbocycles. The van der Waals surface area contributed by atoms with Crippen LogP contribution in [0.2, 0.25) is 5.02 Å². The lowest BCUT2D eigenvalue weighted by molar-refractivity contribution is -0.128. The fraction of sp³-hybridized carbons (Fsp3) is 0.316. The molecule has 3 aliphatic heterocycles. The van der Waals surface area contributed by atoms with Gasteiger partial charge in [0, 0.05) is 11.8 Å². The topological polar surface area (TPSA) is 84.7 Å². The van der Waals surface area contributed by atoms with Gasteiger partial charge in [0.15, 0.2) is 5.82 Å². The Morgan fingerprint density at radius 1 is 1.43 bits per heavy atom. The Kier molecular flexibility index (Phi) is 3.66. The van der Waals surface area contributed by atoms with Gasteiger partial charge >= 0.3 is 0 Å². The quantitative estimate of drug-likeness (QED) is 0.796. The predicted molar refractivity (Wildman–Crippen MR) is 97.4 cm³/mol. The molecule has 2 aromatic rings. The van der Waals surface area contributed by atoms with Crippen LogP contribution in [0.4, 0.5) is 15.9 Å². The first-order valence-electron chi connectivity index (χ1n) is 8.76. The fourth-order valence-electron chi connectivity index (χ4n) is 4.27. The smallest absolute Gasteiger partial charge is 0.235 e. The van der Waals surface area contributed by atoms with Gasteiger partial charge in [-0.05, 0) is 25.1 Å². The zero-order valence-electron chi connectivity index (χ0n) is 14.7. The second kappa shape index (κ2) is 5.89. The number of rotatable bonds is 3. The van der Waals surface area contributed by atoms with Gasteiger partial charge in [-0.2, -0.15) is 0 Å². The van der Waals surface area contributed by atoms with Crippen LogP contribution in [0.25, 0.3) is 0 Å². The molecule has 0 unspecified atom stereocenters. The Morgan fingerprint density at radius 3 is 2.96 bits per heavy atom. The number of carbonyl (C=O) groups excluding carboxylic acids is 2. The number of nitrogens with zero attached hydrogens (tertiary/aromatic N) is 2. The molecule has 4 heterocycles. The number of fused-ring (bicyclic) bond motifs is 1. The maximum Gasteiger partial charge on any atom is 0.235 e. The van der Waals surface area contributed by atoms with E-state index in [1.807, 2.05) is 12.2 Å². The highest BCUT2D eigenvalue weighted by atomic mass is 35.5. The maximum atomic E-state index is 13.4. The van der Waals surface area contributed by atoms with Crippen LogP contribution in [0.3, 0.4) is 0 Å². The van der Waals surface area contributed by atoms with Gasteiger partial charge in [0.1, 0.15) is 17.2 Å². The maximum absolute atomic E-state index is 13.4. The minimum Gasteiger partial charge on any atom is -0.360 e. The summed E-state index contributed by atoms with van der Waals surface area (Å²) in [5, 5.41) is 6.53. The number of aryl methyl sites for hydroxylation is 1. The predicted octanol–water partition coefficient (Wildman–Crippen LogP) is 2.70. The highest BCUT2D eigenvalue weighted by molar-refractivity contribution is 6.31. The van der Waals surface area contributed by atoms with Crippen molar-refractivity contribution in [3.63, 3.8) is 0 Å². The average molecular weight is 404 g/mol. The molecular weight excluding hydrogens is 389 g/mol. The van der Waals surface area contributed by atoms with Crippen molar-refractivity contribution in [3.8, 4) is 0 Å². The molecule has 1 aromatic heterocycles. The lowest BCUT2D eigenvalue weighted by Gasteiger charge is -2.23. The molecule has 144 valence electrons. The molecule has 2 bridgehead atoms. The highest BCUT2D eigenvalue weighted by Gasteiger charge is 2.67. The summed E-state index contributed by atoms with van der Waals surface area (Å²) >= 11 is 5.78. The third-order valence-electron chi connectivity index (χ3n) is 5.48. The molecule has 1 spiro atoms. The van der Waals surface area contributed by atoms with Gasteiger partial charge in [0.25, 0.3) is 0 Å². The van der Waals surface area contributed by atoms with Crippen molar-refractivity contribution in [1.29, 1.82) is 0 Å². The van der Waals surface area contributed by atoms with E-state index >= 15 is 0 Å². The van der Waals surface area contributed by atoms with Gasteiger partial charge in [-0.3, -0.25) is 14.5 Å². The van der Waals surface area contributed by atoms with Crippen LogP contribution in [-0.4, -0.2) is 35.2 Å². The monoisotopic (exact) mass is 403 g/mol. The summed E-state index contributed by atoms with van der Waals surface area (Å²) in [5.41, 5.74) is -0.511. The minimum absolute atomic E-state index is 0.0946. The first kappa shape index (κ1) is 17.4. The largest absolute Gasteiger partial charge is 0.360 e. The summed E-state index contributed by atoms with van der Waals surface area (Å²) in [6.45, 7) is 2.00. The van der Waals surface area contributed by atoms with Gasteiger partial charge in [0.05, 0.1) is 29.5 Å². The first-order valence-corrected chi connectivity index (χ1v) is 9.13. The van der Waals surface area contributed by atoms with Crippen LogP contribution < -0.4 is 10.2 Å². The molecule has 1 aromatic carbocycles. The van der Waals surface area contributed by atoms with E-state index in [0.29, 0.717) is 17.3 Å². The number of halogens is 2. The Morgan fingerprint density at radius 2 is 2.25 bits per heavy atom. The van der Waals surface area contributed by atoms with E-state index in [9.17, 15) is 14.0 Å². The van der Waals surface area contributed by atoms with Crippen LogP contribution in [0.1, 0.15) is 5.76 Å². The molecule has 1 N–H and O–H groups in total. The summed E-state index contributed by atoms with van der Waals surface area (Å²) < 4.78 is 24.5. The van der Waals surface area contributed by atoms with E-state index in [1.54, 1.807) is 13.0 Å². The van der Waals surface area contributed by atoms with Crippen LogP contribution in [0, 0.1) is 24.6 Å². The molecule has 5 rings (SSSR count). The van der Waals surface area contributed by atoms with Crippen LogP contribution in [0.5, 0.6) is 0 Å². The normalized spacial score (nSPS) is 30.2. The Hall–Kier alpha value is -2.71. The average Bonchev–Trinajstić information content (AvgIpc) is 3.39. The Balaban J connectivity index is 1.43. The first-order chi connectivity index (χ1) is 13.4. The van der Waals surface area contributed by atoms with E-state index in [4.69, 9.17) is 20.9 Å². The Bertz CT molecular complexity index is 1040. The van der Waals surface area contributed by atoms with E-state index in [0.717, 1.165) is 0 Å². The summed E-state index contributed by atoms with van der Waals surface area (Å²) in [4.78, 5) is 27.6. The molecule has 2 amide bonds. The molecule has 28 heavy (non-hydrogen) atoms. The number of hydrogen-bond acceptors (Lipinski definition) is 5. The number of carbonyl (C=O) groups is 2. The number of hydrogen-bond donors (Lipinski definition) is 1. The van der Waals surface area contributed by atoms with Crippen LogP contribution in [-0.2, 0) is 14.3 Å². The number of anilines is 2. The number of amides is 2. The van der Waals surface area contributed by atoms with Gasteiger partial charge in [-0.25, -0.2) is 4.39 Å². The molecule has 3 aliphatic rings. The number of aromatic nitrogens is 1. The van der Waals surface area contributed by atoms with Crippen molar-refractivity contribution < 1.29 is 23.2 Å². The molecule has 2 fully saturated rings. The van der Waals surface area contributed by atoms with E-state index < -0.39 is 29.4 Å². The second-order valence-corrected chi connectivity index (χ2v) is 7.65. The lowest BCUT2D eigenvalue weighted by Crippen LogP contribution is -2.41. The SMILES string of the molecule is Cc1cc(N2C[C@]34C=C[C@H](O3)[C@H](C(=O)Nc3ccc(F)c(Cl)c3)[C@@H]4C2=O)no1. The van der Waals surface area contributed by atoms with E-state index in [1.165, 1.54) is 23.1 Å². The second-order valence-electron chi connectivity index (χ2n) is 7.24. The molecule has 2 saturated heterocycles. The Labute approximate surface area is 164 Å². The minimum atomic E-state index is -0.864. The summed E-state index contributed by atoms with van der Waals surface area (Å²) in [5.74, 6) is -1.59. The zero-order valence-corrected chi connectivity index (χ0v) is 15.4. The molecular formula is C19H15ClFN3O4. The van der Waals surface area contributed by atoms with Crippen molar-refractivity contribution in [2.24, 2.45) is 11.8 Å². The number of nitrogens with one attached hydrogen (secondary N) is 1. The zero-order chi connectivity index (χ0) is 19.6. The highest BCUT2D eigenvalue weighted by Crippen LogP contribution is 2.52. The van der Waals surface area contributed by atoms with Gasteiger partial charge in [-0.15, -0.1) is 0 Å². The fourth-order valence-corrected chi connectivity index (χ4v) is 4.45. The van der Waals surface area contributed by atoms with Crippen LogP contribution in [0.15, 0.2) is 40.9 Å². The van der Waals surface area contributed by atoms with E-state index in [2.05, 4.69) is 10.5 Å². The van der Waals surface area contributed by atoms with Crippen molar-refractivity contribution in [2.75, 3.05) is 16.8 Å².